The van der Waals surface area contributed by atoms with E-state index in [1.165, 1.54) is 6.08 Å². The zero-order chi connectivity index (χ0) is 17.4. The van der Waals surface area contributed by atoms with Crippen molar-refractivity contribution in [1.82, 2.24) is 5.32 Å². The quantitative estimate of drug-likeness (QED) is 0.557. The number of nitrogens with zero attached hydrogens (tertiary/aromatic N) is 1. The number of benzene rings is 1. The topological polar surface area (TPSA) is 111 Å². The Morgan fingerprint density at radius 2 is 2.17 bits per heavy atom. The van der Waals surface area contributed by atoms with Crippen molar-refractivity contribution < 1.29 is 24.2 Å². The van der Waals surface area contributed by atoms with Crippen molar-refractivity contribution in [3.8, 4) is 11.8 Å². The van der Waals surface area contributed by atoms with Gasteiger partial charge in [-0.1, -0.05) is 12.1 Å². The van der Waals surface area contributed by atoms with Crippen LogP contribution in [0, 0.1) is 11.3 Å². The summed E-state index contributed by atoms with van der Waals surface area (Å²) in [5.41, 5.74) is 0.607. The van der Waals surface area contributed by atoms with Gasteiger partial charge in [0.15, 0.2) is 0 Å². The molecule has 1 fully saturated rings. The van der Waals surface area contributed by atoms with Gasteiger partial charge >= 0.3 is 0 Å². The number of aliphatic carboxylic acids is 1. The van der Waals surface area contributed by atoms with E-state index in [0.29, 0.717) is 24.5 Å². The Morgan fingerprint density at radius 3 is 2.75 bits per heavy atom. The van der Waals surface area contributed by atoms with Crippen molar-refractivity contribution in [3.05, 3.63) is 35.4 Å². The average Bonchev–Trinajstić information content (AvgIpc) is 3.10. The average molecular weight is 329 g/mol. The lowest BCUT2D eigenvalue weighted by atomic mass is 10.1. The number of ether oxygens (including phenoxy) is 2. The van der Waals surface area contributed by atoms with Crippen LogP contribution in [0.3, 0.4) is 0 Å². The lowest BCUT2D eigenvalue weighted by molar-refractivity contribution is -0.307. The van der Waals surface area contributed by atoms with Gasteiger partial charge in [-0.05, 0) is 36.6 Å². The van der Waals surface area contributed by atoms with Gasteiger partial charge in [0.2, 0.25) is 0 Å². The molecule has 2 rings (SSSR count). The van der Waals surface area contributed by atoms with Crippen LogP contribution in [0.15, 0.2) is 29.8 Å². The van der Waals surface area contributed by atoms with E-state index in [4.69, 9.17) is 14.7 Å². The number of carbonyl (C=O) groups excluding carboxylic acids is 2. The molecular formula is C17H17N2O5-. The number of amides is 1. The number of nitrogens with one attached hydrogen (secondary N) is 1. The molecule has 1 amide bonds. The van der Waals surface area contributed by atoms with Gasteiger partial charge in [-0.25, -0.2) is 0 Å². The Kier molecular flexibility index (Phi) is 6.34. The number of hydrogen-bond acceptors (Lipinski definition) is 6. The molecule has 24 heavy (non-hydrogen) atoms. The zero-order valence-corrected chi connectivity index (χ0v) is 13.0. The Hall–Kier alpha value is -2.85. The van der Waals surface area contributed by atoms with Crippen molar-refractivity contribution in [2.45, 2.75) is 18.9 Å². The highest BCUT2D eigenvalue weighted by molar-refractivity contribution is 6.01. The fourth-order valence-electron chi connectivity index (χ4n) is 2.22. The molecule has 1 heterocycles. The molecule has 1 aromatic rings. The SMILES string of the molecule is N#C/C(=C/c1ccc(OCC(=O)[O-])cc1)C(=O)NC[C@@H]1CCCO1. The fraction of sp³-hybridized carbons (Fsp3) is 0.353. The Bertz CT molecular complexity index is 655. The van der Waals surface area contributed by atoms with E-state index in [-0.39, 0.29) is 11.7 Å². The first-order valence-corrected chi connectivity index (χ1v) is 7.53. The third-order valence-corrected chi connectivity index (χ3v) is 3.43. The number of carboxylic acids is 1. The second kappa shape index (κ2) is 8.70. The highest BCUT2D eigenvalue weighted by Gasteiger charge is 2.17. The molecule has 1 saturated heterocycles. The summed E-state index contributed by atoms with van der Waals surface area (Å²) in [7, 11) is 0. The van der Waals surface area contributed by atoms with Crippen LogP contribution >= 0.6 is 0 Å². The molecule has 1 N–H and O–H groups in total. The zero-order valence-electron chi connectivity index (χ0n) is 13.0. The van der Waals surface area contributed by atoms with E-state index in [0.717, 1.165) is 12.8 Å². The fourth-order valence-corrected chi connectivity index (χ4v) is 2.22. The number of carboxylic acid groups (broad SMARTS) is 1. The minimum atomic E-state index is -1.31. The van der Waals surface area contributed by atoms with Gasteiger partial charge in [0, 0.05) is 13.2 Å². The molecule has 1 aromatic carbocycles. The minimum absolute atomic E-state index is 0.00838. The molecule has 0 bridgehead atoms. The van der Waals surface area contributed by atoms with Crippen molar-refractivity contribution in [2.75, 3.05) is 19.8 Å². The van der Waals surface area contributed by atoms with Gasteiger partial charge in [-0.2, -0.15) is 5.26 Å². The normalized spacial score (nSPS) is 17.1. The molecule has 0 aliphatic carbocycles. The van der Waals surface area contributed by atoms with Gasteiger partial charge in [-0.3, -0.25) is 4.79 Å². The van der Waals surface area contributed by atoms with Gasteiger partial charge < -0.3 is 24.7 Å². The molecule has 7 heteroatoms. The van der Waals surface area contributed by atoms with E-state index in [9.17, 15) is 14.7 Å². The van der Waals surface area contributed by atoms with Crippen LogP contribution in [-0.4, -0.2) is 37.7 Å². The second-order valence-electron chi connectivity index (χ2n) is 5.24. The molecule has 1 atom stereocenters. The first kappa shape index (κ1) is 17.5. The van der Waals surface area contributed by atoms with Gasteiger partial charge in [0.1, 0.15) is 24.0 Å². The van der Waals surface area contributed by atoms with Crippen LogP contribution in [0.5, 0.6) is 5.75 Å². The molecule has 0 unspecified atom stereocenters. The lowest BCUT2D eigenvalue weighted by Gasteiger charge is -2.10. The van der Waals surface area contributed by atoms with Crippen LogP contribution < -0.4 is 15.2 Å². The summed E-state index contributed by atoms with van der Waals surface area (Å²) in [4.78, 5) is 22.3. The third kappa shape index (κ3) is 5.41. The summed E-state index contributed by atoms with van der Waals surface area (Å²) in [5, 5.41) is 22.2. The van der Waals surface area contributed by atoms with Crippen LogP contribution in [0.4, 0.5) is 0 Å². The summed E-state index contributed by atoms with van der Waals surface area (Å²) in [6, 6.07) is 8.21. The molecule has 0 spiro atoms. The van der Waals surface area contributed by atoms with Gasteiger partial charge in [0.05, 0.1) is 12.1 Å². The Labute approximate surface area is 139 Å². The number of carbonyl (C=O) groups is 2. The summed E-state index contributed by atoms with van der Waals surface area (Å²) >= 11 is 0. The van der Waals surface area contributed by atoms with Crippen molar-refractivity contribution >= 4 is 18.0 Å². The van der Waals surface area contributed by atoms with Crippen LogP contribution in [0.1, 0.15) is 18.4 Å². The molecule has 0 aromatic heterocycles. The Morgan fingerprint density at radius 1 is 1.42 bits per heavy atom. The molecule has 1 aliphatic rings. The first-order chi connectivity index (χ1) is 11.6. The Balaban J connectivity index is 1.94. The van der Waals surface area contributed by atoms with E-state index in [2.05, 4.69) is 5.32 Å². The molecule has 0 radical (unpaired) electrons. The molecule has 7 nitrogen and oxygen atoms in total. The molecular weight excluding hydrogens is 312 g/mol. The molecule has 126 valence electrons. The third-order valence-electron chi connectivity index (χ3n) is 3.43. The lowest BCUT2D eigenvalue weighted by Crippen LogP contribution is -2.32. The number of hydrogen-bond donors (Lipinski definition) is 1. The van der Waals surface area contributed by atoms with Crippen molar-refractivity contribution in [2.24, 2.45) is 0 Å². The molecule has 1 aliphatic heterocycles. The molecule has 0 saturated carbocycles. The highest BCUT2D eigenvalue weighted by atomic mass is 16.5. The van der Waals surface area contributed by atoms with E-state index in [1.807, 2.05) is 6.07 Å². The highest BCUT2D eigenvalue weighted by Crippen LogP contribution is 2.15. The summed E-state index contributed by atoms with van der Waals surface area (Å²) in [5.74, 6) is -1.41. The van der Waals surface area contributed by atoms with E-state index >= 15 is 0 Å². The summed E-state index contributed by atoms with van der Waals surface area (Å²) in [6.07, 6.45) is 3.34. The van der Waals surface area contributed by atoms with Gasteiger partial charge in [-0.15, -0.1) is 0 Å². The summed E-state index contributed by atoms with van der Waals surface area (Å²) < 4.78 is 10.4. The van der Waals surface area contributed by atoms with Gasteiger partial charge in [0.25, 0.3) is 5.91 Å². The monoisotopic (exact) mass is 329 g/mol. The van der Waals surface area contributed by atoms with E-state index in [1.54, 1.807) is 24.3 Å². The van der Waals surface area contributed by atoms with Crippen LogP contribution in [0.25, 0.3) is 6.08 Å². The maximum Gasteiger partial charge on any atom is 0.262 e. The van der Waals surface area contributed by atoms with E-state index < -0.39 is 18.5 Å². The standard InChI is InChI=1S/C17H18N2O5/c18-9-13(17(22)19-10-15-2-1-7-23-15)8-12-3-5-14(6-4-12)24-11-16(20)21/h3-6,8,15H,1-2,7,10-11H2,(H,19,22)(H,20,21)/p-1/b13-8-/t15-/m0/s1. The smallest absolute Gasteiger partial charge is 0.262 e. The second-order valence-corrected chi connectivity index (χ2v) is 5.24. The minimum Gasteiger partial charge on any atom is -0.546 e. The maximum atomic E-state index is 12.0. The predicted octanol–water partition coefficient (Wildman–Crippen LogP) is 0.0175. The van der Waals surface area contributed by atoms with Crippen molar-refractivity contribution in [1.29, 1.82) is 5.26 Å². The van der Waals surface area contributed by atoms with Crippen molar-refractivity contribution in [3.63, 3.8) is 0 Å². The van der Waals surface area contributed by atoms with Crippen LogP contribution in [-0.2, 0) is 14.3 Å². The maximum absolute atomic E-state index is 12.0. The number of nitriles is 1. The largest absolute Gasteiger partial charge is 0.546 e. The predicted molar refractivity (Wildman–Crippen MR) is 82.5 cm³/mol. The number of rotatable bonds is 7. The van der Waals surface area contributed by atoms with Crippen LogP contribution in [0.2, 0.25) is 0 Å². The summed E-state index contributed by atoms with van der Waals surface area (Å²) in [6.45, 7) is 0.548. The first-order valence-electron chi connectivity index (χ1n) is 7.53.